The molecule has 0 saturated carbocycles. The summed E-state index contributed by atoms with van der Waals surface area (Å²) >= 11 is 0. The second kappa shape index (κ2) is 9.22. The lowest BCUT2D eigenvalue weighted by atomic mass is 10.1. The molecule has 2 aromatic carbocycles. The van der Waals surface area contributed by atoms with E-state index in [0.717, 1.165) is 47.8 Å². The van der Waals surface area contributed by atoms with Crippen LogP contribution in [0.4, 0.5) is 0 Å². The molecule has 2 aliphatic heterocycles. The Morgan fingerprint density at radius 2 is 1.74 bits per heavy atom. The molecular formula is C24H26N4O3. The van der Waals surface area contributed by atoms with E-state index in [4.69, 9.17) is 19.3 Å². The fraction of sp³-hybridized carbons (Fsp3) is 0.333. The minimum absolute atomic E-state index is 0.657. The SMILES string of the molecule is C(=N/N1CCOCC1)/c1cn(Cc2ccccc2)nc1-c1ccc2c(c1)OCCCO2. The molecule has 1 aromatic heterocycles. The Morgan fingerprint density at radius 3 is 2.58 bits per heavy atom. The van der Waals surface area contributed by atoms with Gasteiger partial charge in [-0.2, -0.15) is 10.2 Å². The summed E-state index contributed by atoms with van der Waals surface area (Å²) in [5, 5.41) is 11.6. The van der Waals surface area contributed by atoms with Gasteiger partial charge in [-0.25, -0.2) is 0 Å². The Balaban J connectivity index is 1.48. The van der Waals surface area contributed by atoms with Crippen LogP contribution in [0.5, 0.6) is 11.5 Å². The van der Waals surface area contributed by atoms with E-state index in [1.54, 1.807) is 0 Å². The molecule has 31 heavy (non-hydrogen) atoms. The molecule has 0 amide bonds. The largest absolute Gasteiger partial charge is 0.490 e. The molecule has 0 radical (unpaired) electrons. The summed E-state index contributed by atoms with van der Waals surface area (Å²) in [4.78, 5) is 0. The Morgan fingerprint density at radius 1 is 0.935 bits per heavy atom. The van der Waals surface area contributed by atoms with Crippen molar-refractivity contribution >= 4 is 6.21 Å². The number of benzene rings is 2. The van der Waals surface area contributed by atoms with Gasteiger partial charge in [-0.3, -0.25) is 9.69 Å². The van der Waals surface area contributed by atoms with Crippen LogP contribution in [0.1, 0.15) is 17.5 Å². The Kier molecular flexibility index (Phi) is 5.84. The maximum atomic E-state index is 5.89. The van der Waals surface area contributed by atoms with Crippen molar-refractivity contribution in [3.63, 3.8) is 0 Å². The number of rotatable bonds is 5. The second-order valence-electron chi connectivity index (χ2n) is 7.64. The molecule has 0 unspecified atom stereocenters. The molecular weight excluding hydrogens is 392 g/mol. The maximum Gasteiger partial charge on any atom is 0.161 e. The molecule has 0 N–H and O–H groups in total. The zero-order chi connectivity index (χ0) is 20.9. The first-order chi connectivity index (χ1) is 15.3. The molecule has 3 heterocycles. The van der Waals surface area contributed by atoms with Gasteiger partial charge in [0.2, 0.25) is 0 Å². The maximum absolute atomic E-state index is 5.89. The highest BCUT2D eigenvalue weighted by atomic mass is 16.5. The van der Waals surface area contributed by atoms with Crippen LogP contribution in [-0.4, -0.2) is 60.5 Å². The highest BCUT2D eigenvalue weighted by Crippen LogP contribution is 2.34. The van der Waals surface area contributed by atoms with Gasteiger partial charge < -0.3 is 14.2 Å². The number of fused-ring (bicyclic) bond motifs is 1. The number of hydrogen-bond donors (Lipinski definition) is 0. The molecule has 3 aromatic rings. The van der Waals surface area contributed by atoms with Gasteiger partial charge in [0.25, 0.3) is 0 Å². The van der Waals surface area contributed by atoms with Crippen molar-refractivity contribution in [2.75, 3.05) is 39.5 Å². The fourth-order valence-corrected chi connectivity index (χ4v) is 3.73. The van der Waals surface area contributed by atoms with Gasteiger partial charge >= 0.3 is 0 Å². The first-order valence-corrected chi connectivity index (χ1v) is 10.7. The third-order valence-corrected chi connectivity index (χ3v) is 5.35. The van der Waals surface area contributed by atoms with Crippen molar-refractivity contribution in [1.29, 1.82) is 0 Å². The average Bonchev–Trinajstić information content (AvgIpc) is 3.06. The first kappa shape index (κ1) is 19.6. The summed E-state index contributed by atoms with van der Waals surface area (Å²) in [5.74, 6) is 1.55. The summed E-state index contributed by atoms with van der Waals surface area (Å²) in [6, 6.07) is 16.4. The topological polar surface area (TPSA) is 61.1 Å². The third-order valence-electron chi connectivity index (χ3n) is 5.35. The molecule has 1 fully saturated rings. The van der Waals surface area contributed by atoms with Crippen LogP contribution >= 0.6 is 0 Å². The smallest absolute Gasteiger partial charge is 0.161 e. The van der Waals surface area contributed by atoms with Crippen LogP contribution in [0.3, 0.4) is 0 Å². The molecule has 7 nitrogen and oxygen atoms in total. The quantitative estimate of drug-likeness (QED) is 0.594. The van der Waals surface area contributed by atoms with Gasteiger partial charge in [0.05, 0.1) is 52.3 Å². The highest BCUT2D eigenvalue weighted by Gasteiger charge is 2.16. The first-order valence-electron chi connectivity index (χ1n) is 10.7. The standard InChI is InChI=1S/C24H26N4O3/c1-2-5-19(6-3-1)17-28-18-21(16-25-27-9-13-29-14-10-27)24(26-28)20-7-8-22-23(15-20)31-12-4-11-30-22/h1-3,5-8,15-16,18H,4,9-14,17H2/b25-16-. The van der Waals surface area contributed by atoms with Crippen molar-refractivity contribution in [1.82, 2.24) is 14.8 Å². The van der Waals surface area contributed by atoms with Gasteiger partial charge in [-0.1, -0.05) is 30.3 Å². The Hall–Kier alpha value is -3.32. The van der Waals surface area contributed by atoms with E-state index in [0.29, 0.717) is 33.0 Å². The second-order valence-corrected chi connectivity index (χ2v) is 7.64. The summed E-state index contributed by atoms with van der Waals surface area (Å²) in [6.07, 6.45) is 4.83. The minimum Gasteiger partial charge on any atom is -0.490 e. The van der Waals surface area contributed by atoms with E-state index < -0.39 is 0 Å². The predicted octanol–water partition coefficient (Wildman–Crippen LogP) is 3.43. The van der Waals surface area contributed by atoms with E-state index in [1.165, 1.54) is 5.56 Å². The highest BCUT2D eigenvalue weighted by molar-refractivity contribution is 5.88. The van der Waals surface area contributed by atoms with Gasteiger partial charge in [-0.05, 0) is 23.8 Å². The number of hydrogen-bond acceptors (Lipinski definition) is 6. The van der Waals surface area contributed by atoms with Crippen LogP contribution < -0.4 is 9.47 Å². The van der Waals surface area contributed by atoms with Crippen LogP contribution in [-0.2, 0) is 11.3 Å². The molecule has 0 atom stereocenters. The number of aromatic nitrogens is 2. The van der Waals surface area contributed by atoms with Crippen molar-refractivity contribution in [3.05, 3.63) is 65.9 Å². The molecule has 160 valence electrons. The summed E-state index contributed by atoms with van der Waals surface area (Å²) in [5.41, 5.74) is 4.03. The molecule has 0 bridgehead atoms. The van der Waals surface area contributed by atoms with Crippen molar-refractivity contribution in [2.45, 2.75) is 13.0 Å². The van der Waals surface area contributed by atoms with Crippen LogP contribution in [0.25, 0.3) is 11.3 Å². The Bertz CT molecular complexity index is 1040. The van der Waals surface area contributed by atoms with Gasteiger partial charge in [0.1, 0.15) is 5.69 Å². The third kappa shape index (κ3) is 4.72. The van der Waals surface area contributed by atoms with Gasteiger partial charge in [-0.15, -0.1) is 0 Å². The molecule has 1 saturated heterocycles. The van der Waals surface area contributed by atoms with Crippen LogP contribution in [0.2, 0.25) is 0 Å². The molecule has 0 spiro atoms. The van der Waals surface area contributed by atoms with Crippen molar-refractivity contribution in [2.24, 2.45) is 5.10 Å². The van der Waals surface area contributed by atoms with Crippen LogP contribution in [0, 0.1) is 0 Å². The summed E-state index contributed by atoms with van der Waals surface area (Å²) in [6.45, 7) is 5.05. The van der Waals surface area contributed by atoms with E-state index in [2.05, 4.69) is 23.4 Å². The van der Waals surface area contributed by atoms with E-state index in [1.807, 2.05) is 52.3 Å². The average molecular weight is 418 g/mol. The zero-order valence-corrected chi connectivity index (χ0v) is 17.4. The molecule has 7 heteroatoms. The minimum atomic E-state index is 0.657. The van der Waals surface area contributed by atoms with Crippen molar-refractivity contribution < 1.29 is 14.2 Å². The normalized spacial score (nSPS) is 16.5. The molecule has 0 aliphatic carbocycles. The van der Waals surface area contributed by atoms with Crippen LogP contribution in [0.15, 0.2) is 59.8 Å². The van der Waals surface area contributed by atoms with Crippen molar-refractivity contribution in [3.8, 4) is 22.8 Å². The van der Waals surface area contributed by atoms with E-state index in [-0.39, 0.29) is 0 Å². The molecule has 5 rings (SSSR count). The number of ether oxygens (including phenoxy) is 3. The zero-order valence-electron chi connectivity index (χ0n) is 17.4. The predicted molar refractivity (Wildman–Crippen MR) is 119 cm³/mol. The number of nitrogens with zero attached hydrogens (tertiary/aromatic N) is 4. The molecule has 2 aliphatic rings. The lowest BCUT2D eigenvalue weighted by Crippen LogP contribution is -2.32. The lowest BCUT2D eigenvalue weighted by molar-refractivity contribution is 0.0397. The summed E-state index contributed by atoms with van der Waals surface area (Å²) < 4.78 is 19.1. The monoisotopic (exact) mass is 418 g/mol. The van der Waals surface area contributed by atoms with Gasteiger partial charge in [0.15, 0.2) is 11.5 Å². The lowest BCUT2D eigenvalue weighted by Gasteiger charge is -2.23. The Labute approximate surface area is 181 Å². The van der Waals surface area contributed by atoms with Gasteiger partial charge in [0, 0.05) is 23.7 Å². The number of hydrazone groups is 1. The van der Waals surface area contributed by atoms with E-state index in [9.17, 15) is 0 Å². The fourth-order valence-electron chi connectivity index (χ4n) is 3.73. The summed E-state index contributed by atoms with van der Waals surface area (Å²) in [7, 11) is 0. The number of morpholine rings is 1. The van der Waals surface area contributed by atoms with E-state index >= 15 is 0 Å².